The second-order valence-corrected chi connectivity index (χ2v) is 6.65. The molecule has 2 rings (SSSR count). The molecule has 1 amide bonds. The maximum absolute atomic E-state index is 13.4. The molecule has 6 heteroatoms. The summed E-state index contributed by atoms with van der Waals surface area (Å²) in [6.07, 6.45) is 11.0. The summed E-state index contributed by atoms with van der Waals surface area (Å²) in [4.78, 5) is 24.5. The molecular weight excluding hydrogens is 352 g/mol. The van der Waals surface area contributed by atoms with Gasteiger partial charge in [-0.25, -0.2) is 13.6 Å². The number of hydrogen-bond acceptors (Lipinski definition) is 3. The number of ether oxygens (including phenoxy) is 1. The van der Waals surface area contributed by atoms with E-state index < -0.39 is 29.6 Å². The van der Waals surface area contributed by atoms with E-state index in [2.05, 4.69) is 5.32 Å². The van der Waals surface area contributed by atoms with E-state index in [1.807, 2.05) is 6.08 Å². The lowest BCUT2D eigenvalue weighted by molar-refractivity contribution is -0.146. The van der Waals surface area contributed by atoms with E-state index >= 15 is 0 Å². The van der Waals surface area contributed by atoms with E-state index in [0.717, 1.165) is 43.9 Å². The second kappa shape index (κ2) is 10.6. The number of esters is 1. The number of amides is 1. The van der Waals surface area contributed by atoms with E-state index in [4.69, 9.17) is 4.74 Å². The van der Waals surface area contributed by atoms with E-state index in [0.29, 0.717) is 5.92 Å². The molecular formula is C21H25F2NO3. The van der Waals surface area contributed by atoms with E-state index in [9.17, 15) is 18.4 Å². The molecule has 1 aliphatic rings. The Hall–Kier alpha value is -2.50. The topological polar surface area (TPSA) is 55.4 Å². The Morgan fingerprint density at radius 3 is 2.52 bits per heavy atom. The zero-order valence-corrected chi connectivity index (χ0v) is 15.4. The summed E-state index contributed by atoms with van der Waals surface area (Å²) >= 11 is 0. The Kier molecular flexibility index (Phi) is 8.17. The Morgan fingerprint density at radius 2 is 1.89 bits per heavy atom. The normalized spacial score (nSPS) is 16.1. The van der Waals surface area contributed by atoms with Crippen LogP contribution in [-0.4, -0.2) is 24.5 Å². The zero-order valence-electron chi connectivity index (χ0n) is 15.4. The molecule has 27 heavy (non-hydrogen) atoms. The molecule has 1 fully saturated rings. The van der Waals surface area contributed by atoms with Gasteiger partial charge in [0.15, 0.2) is 0 Å². The summed E-state index contributed by atoms with van der Waals surface area (Å²) < 4.78 is 31.9. The number of carbonyl (C=O) groups excluding carboxylic acids is 2. The second-order valence-electron chi connectivity index (χ2n) is 6.65. The van der Waals surface area contributed by atoms with Crippen molar-refractivity contribution in [2.45, 2.75) is 45.1 Å². The van der Waals surface area contributed by atoms with Gasteiger partial charge in [0.05, 0.1) is 0 Å². The third-order valence-electron chi connectivity index (χ3n) is 4.44. The minimum Gasteiger partial charge on any atom is -0.460 e. The van der Waals surface area contributed by atoms with Crippen LogP contribution in [0.5, 0.6) is 0 Å². The summed E-state index contributed by atoms with van der Waals surface area (Å²) in [6.45, 7) is 1.85. The molecule has 0 bridgehead atoms. The maximum atomic E-state index is 13.4. The molecule has 4 nitrogen and oxygen atoms in total. The van der Waals surface area contributed by atoms with Gasteiger partial charge in [0, 0.05) is 12.5 Å². The van der Waals surface area contributed by atoms with Crippen LogP contribution in [0.25, 0.3) is 0 Å². The van der Waals surface area contributed by atoms with Gasteiger partial charge < -0.3 is 10.1 Å². The van der Waals surface area contributed by atoms with Crippen LogP contribution in [0.2, 0.25) is 0 Å². The average molecular weight is 377 g/mol. The number of halogens is 2. The lowest BCUT2D eigenvalue weighted by Crippen LogP contribution is -2.42. The molecule has 1 atom stereocenters. The highest BCUT2D eigenvalue weighted by Gasteiger charge is 2.23. The lowest BCUT2D eigenvalue weighted by Gasteiger charge is -2.17. The third-order valence-corrected chi connectivity index (χ3v) is 4.44. The van der Waals surface area contributed by atoms with Crippen LogP contribution in [0, 0.1) is 17.6 Å². The smallest absolute Gasteiger partial charge is 0.329 e. The zero-order chi connectivity index (χ0) is 19.6. The first-order valence-electron chi connectivity index (χ1n) is 9.19. The maximum Gasteiger partial charge on any atom is 0.329 e. The first kappa shape index (κ1) is 20.8. The molecule has 0 saturated heterocycles. The number of nitrogens with one attached hydrogen (secondary N) is 1. The molecule has 1 aromatic carbocycles. The third kappa shape index (κ3) is 7.33. The average Bonchev–Trinajstić information content (AvgIpc) is 3.12. The predicted octanol–water partition coefficient (Wildman–Crippen LogP) is 3.86. The molecule has 1 N–H and O–H groups in total. The van der Waals surface area contributed by atoms with E-state index in [-0.39, 0.29) is 18.6 Å². The van der Waals surface area contributed by atoms with Crippen LogP contribution < -0.4 is 5.32 Å². The molecule has 1 saturated carbocycles. The summed E-state index contributed by atoms with van der Waals surface area (Å²) in [5, 5.41) is 2.59. The summed E-state index contributed by atoms with van der Waals surface area (Å²) in [5.74, 6) is -2.17. The molecule has 0 unspecified atom stereocenters. The Morgan fingerprint density at radius 1 is 1.22 bits per heavy atom. The lowest BCUT2D eigenvalue weighted by atomic mass is 10.0. The van der Waals surface area contributed by atoms with Crippen molar-refractivity contribution in [3.05, 3.63) is 59.7 Å². The number of rotatable bonds is 8. The predicted molar refractivity (Wildman–Crippen MR) is 98.9 cm³/mol. The molecule has 1 aromatic rings. The largest absolute Gasteiger partial charge is 0.460 e. The van der Waals surface area contributed by atoms with Crippen molar-refractivity contribution in [1.82, 2.24) is 5.32 Å². The number of allylic oxidation sites excluding steroid dienone is 2. The Bertz CT molecular complexity index is 689. The monoisotopic (exact) mass is 377 g/mol. The van der Waals surface area contributed by atoms with E-state index in [1.54, 1.807) is 19.1 Å². The SMILES string of the molecule is C/C=C\COC(=O)[C@H](Cc1cc(F)cc(F)c1)NC(=O)/C=C/C1CCCC1. The van der Waals surface area contributed by atoms with Crippen molar-refractivity contribution >= 4 is 11.9 Å². The van der Waals surface area contributed by atoms with Crippen LogP contribution in [-0.2, 0) is 20.7 Å². The standard InChI is InChI=1S/C21H25F2NO3/c1-2-3-10-27-21(26)19(13-16-11-17(22)14-18(23)12-16)24-20(25)9-8-15-6-4-5-7-15/h2-3,8-9,11-12,14-15,19H,4-7,10,13H2,1H3,(H,24,25)/b3-2-,9-8+/t19-/m0/s1. The molecule has 0 spiro atoms. The van der Waals surface area contributed by atoms with Crippen LogP contribution in [0.4, 0.5) is 8.78 Å². The number of carbonyl (C=O) groups is 2. The quantitative estimate of drug-likeness (QED) is 0.425. The number of benzene rings is 1. The fourth-order valence-electron chi connectivity index (χ4n) is 3.08. The minimum atomic E-state index is -1.03. The van der Waals surface area contributed by atoms with Crippen molar-refractivity contribution in [3.63, 3.8) is 0 Å². The Labute approximate surface area is 158 Å². The van der Waals surface area contributed by atoms with Crippen LogP contribution in [0.3, 0.4) is 0 Å². The van der Waals surface area contributed by atoms with Crippen molar-refractivity contribution in [2.24, 2.45) is 5.92 Å². The van der Waals surface area contributed by atoms with Gasteiger partial charge in [-0.05, 0) is 49.5 Å². The van der Waals surface area contributed by atoms with E-state index in [1.165, 1.54) is 6.08 Å². The van der Waals surface area contributed by atoms with Crippen molar-refractivity contribution < 1.29 is 23.1 Å². The highest BCUT2D eigenvalue weighted by Crippen LogP contribution is 2.25. The molecule has 0 aliphatic heterocycles. The summed E-state index contributed by atoms with van der Waals surface area (Å²) in [7, 11) is 0. The fourth-order valence-corrected chi connectivity index (χ4v) is 3.08. The van der Waals surface area contributed by atoms with Gasteiger partial charge in [-0.15, -0.1) is 0 Å². The fraction of sp³-hybridized carbons (Fsp3) is 0.429. The number of hydrogen-bond donors (Lipinski definition) is 1. The van der Waals surface area contributed by atoms with Crippen LogP contribution in [0.1, 0.15) is 38.2 Å². The van der Waals surface area contributed by atoms with Gasteiger partial charge in [-0.2, -0.15) is 0 Å². The first-order chi connectivity index (χ1) is 13.0. The van der Waals surface area contributed by atoms with Crippen molar-refractivity contribution in [2.75, 3.05) is 6.61 Å². The highest BCUT2D eigenvalue weighted by molar-refractivity contribution is 5.91. The highest BCUT2D eigenvalue weighted by atomic mass is 19.1. The van der Waals surface area contributed by atoms with Crippen LogP contribution in [0.15, 0.2) is 42.5 Å². The van der Waals surface area contributed by atoms with Crippen LogP contribution >= 0.6 is 0 Å². The van der Waals surface area contributed by atoms with Crippen molar-refractivity contribution in [3.8, 4) is 0 Å². The van der Waals surface area contributed by atoms with Gasteiger partial charge in [0.1, 0.15) is 24.3 Å². The molecule has 146 valence electrons. The van der Waals surface area contributed by atoms with Crippen molar-refractivity contribution in [1.29, 1.82) is 0 Å². The summed E-state index contributed by atoms with van der Waals surface area (Å²) in [6, 6.07) is 1.99. The van der Waals surface area contributed by atoms with Gasteiger partial charge in [-0.3, -0.25) is 4.79 Å². The molecule has 1 aliphatic carbocycles. The first-order valence-corrected chi connectivity index (χ1v) is 9.19. The van der Waals surface area contributed by atoms with Gasteiger partial charge in [0.2, 0.25) is 5.91 Å². The van der Waals surface area contributed by atoms with Gasteiger partial charge in [0.25, 0.3) is 0 Å². The molecule has 0 radical (unpaired) electrons. The van der Waals surface area contributed by atoms with Gasteiger partial charge >= 0.3 is 5.97 Å². The molecule has 0 heterocycles. The summed E-state index contributed by atoms with van der Waals surface area (Å²) in [5.41, 5.74) is 0.264. The van der Waals surface area contributed by atoms with Gasteiger partial charge in [-0.1, -0.05) is 31.1 Å². The minimum absolute atomic E-state index is 0.0631. The Balaban J connectivity index is 2.05. The molecule has 0 aromatic heterocycles.